The number of likely N-dealkylation sites (N-methyl/N-ethyl adjacent to an activating group) is 1. The molecule has 1 fully saturated rings. The molecule has 1 aliphatic heterocycles. The van der Waals surface area contributed by atoms with Crippen LogP contribution in [0.15, 0.2) is 0 Å². The van der Waals surface area contributed by atoms with Gasteiger partial charge in [-0.15, -0.1) is 0 Å². The average molecular weight is 288 g/mol. The maximum absolute atomic E-state index is 11.9. The smallest absolute Gasteiger partial charge is 0.410 e. The number of amides is 1. The second-order valence-corrected chi connectivity index (χ2v) is 6.65. The summed E-state index contributed by atoms with van der Waals surface area (Å²) in [4.78, 5) is 15.5. The van der Waals surface area contributed by atoms with Gasteiger partial charge in [0.15, 0.2) is 0 Å². The van der Waals surface area contributed by atoms with Crippen molar-refractivity contribution in [3.8, 4) is 0 Å². The second-order valence-electron chi connectivity index (χ2n) is 6.65. The zero-order chi connectivity index (χ0) is 15.4. The number of nitrogens with zero attached hydrogens (tertiary/aromatic N) is 2. The molecule has 2 N–H and O–H groups in total. The number of piperidine rings is 1. The Hall–Kier alpha value is -0.850. The van der Waals surface area contributed by atoms with Crippen LogP contribution in [0.3, 0.4) is 0 Å². The second kappa shape index (κ2) is 6.74. The highest BCUT2D eigenvalue weighted by Crippen LogP contribution is 2.24. The molecule has 1 saturated heterocycles. The van der Waals surface area contributed by atoms with Gasteiger partial charge in [0.25, 0.3) is 0 Å². The minimum Gasteiger partial charge on any atom is -0.444 e. The van der Waals surface area contributed by atoms with E-state index in [-0.39, 0.29) is 12.7 Å². The highest BCUT2D eigenvalue weighted by atomic mass is 16.6. The van der Waals surface area contributed by atoms with Crippen LogP contribution >= 0.6 is 0 Å². The van der Waals surface area contributed by atoms with E-state index in [0.29, 0.717) is 39.0 Å². The van der Waals surface area contributed by atoms with Crippen LogP contribution in [0.4, 0.5) is 4.79 Å². The number of hydrogen-bond donors (Lipinski definition) is 2. The maximum atomic E-state index is 11.9. The normalized spacial score (nSPS) is 19.2. The van der Waals surface area contributed by atoms with Gasteiger partial charge in [-0.1, -0.05) is 0 Å². The van der Waals surface area contributed by atoms with E-state index in [0.717, 1.165) is 0 Å². The lowest BCUT2D eigenvalue weighted by atomic mass is 9.91. The molecular formula is C14H28N2O4. The minimum atomic E-state index is -0.789. The van der Waals surface area contributed by atoms with Gasteiger partial charge >= 0.3 is 6.09 Å². The van der Waals surface area contributed by atoms with Crippen LogP contribution in [0, 0.1) is 0 Å². The Morgan fingerprint density at radius 1 is 1.35 bits per heavy atom. The van der Waals surface area contributed by atoms with E-state index in [4.69, 9.17) is 9.84 Å². The molecule has 6 nitrogen and oxygen atoms in total. The lowest BCUT2D eigenvalue weighted by Gasteiger charge is -2.40. The monoisotopic (exact) mass is 288 g/mol. The number of rotatable bonds is 4. The van der Waals surface area contributed by atoms with Gasteiger partial charge in [0, 0.05) is 26.2 Å². The zero-order valence-electron chi connectivity index (χ0n) is 13.1. The van der Waals surface area contributed by atoms with Crippen molar-refractivity contribution in [2.24, 2.45) is 0 Å². The van der Waals surface area contributed by atoms with Crippen LogP contribution in [0.5, 0.6) is 0 Å². The highest BCUT2D eigenvalue weighted by molar-refractivity contribution is 5.68. The summed E-state index contributed by atoms with van der Waals surface area (Å²) in [5.41, 5.74) is -1.28. The first-order valence-corrected chi connectivity index (χ1v) is 7.15. The Kier molecular flexibility index (Phi) is 5.79. The Bertz CT molecular complexity index is 320. The van der Waals surface area contributed by atoms with Crippen LogP contribution in [0.1, 0.15) is 33.6 Å². The topological polar surface area (TPSA) is 73.2 Å². The molecule has 0 bridgehead atoms. The molecule has 1 rings (SSSR count). The minimum absolute atomic E-state index is 0.0800. The van der Waals surface area contributed by atoms with Crippen molar-refractivity contribution in [3.05, 3.63) is 0 Å². The third-order valence-corrected chi connectivity index (χ3v) is 3.39. The van der Waals surface area contributed by atoms with Crippen molar-refractivity contribution in [2.75, 3.05) is 39.8 Å². The van der Waals surface area contributed by atoms with Gasteiger partial charge in [-0.3, -0.25) is 0 Å². The molecule has 0 saturated carbocycles. The summed E-state index contributed by atoms with van der Waals surface area (Å²) in [6.07, 6.45) is 0.743. The first-order valence-electron chi connectivity index (χ1n) is 7.15. The van der Waals surface area contributed by atoms with Crippen LogP contribution < -0.4 is 0 Å². The van der Waals surface area contributed by atoms with Crippen LogP contribution in [0.2, 0.25) is 0 Å². The Balaban J connectivity index is 2.44. The van der Waals surface area contributed by atoms with E-state index in [9.17, 15) is 9.90 Å². The molecule has 0 spiro atoms. The number of hydrogen-bond acceptors (Lipinski definition) is 5. The summed E-state index contributed by atoms with van der Waals surface area (Å²) in [7, 11) is 1.87. The molecule has 20 heavy (non-hydrogen) atoms. The van der Waals surface area contributed by atoms with Crippen molar-refractivity contribution < 1.29 is 19.7 Å². The van der Waals surface area contributed by atoms with Gasteiger partial charge in [-0.25, -0.2) is 4.79 Å². The van der Waals surface area contributed by atoms with E-state index in [2.05, 4.69) is 0 Å². The summed E-state index contributed by atoms with van der Waals surface area (Å²) < 4.78 is 5.33. The summed E-state index contributed by atoms with van der Waals surface area (Å²) in [5, 5.41) is 19.4. The van der Waals surface area contributed by atoms with Crippen LogP contribution in [-0.4, -0.2) is 77.1 Å². The maximum Gasteiger partial charge on any atom is 0.410 e. The van der Waals surface area contributed by atoms with Gasteiger partial charge in [0.05, 0.1) is 12.2 Å². The predicted molar refractivity (Wildman–Crippen MR) is 76.6 cm³/mol. The number of aliphatic hydroxyl groups excluding tert-OH is 1. The quantitative estimate of drug-likeness (QED) is 0.795. The van der Waals surface area contributed by atoms with Gasteiger partial charge < -0.3 is 24.7 Å². The fourth-order valence-electron chi connectivity index (χ4n) is 2.34. The zero-order valence-corrected chi connectivity index (χ0v) is 13.1. The van der Waals surface area contributed by atoms with Crippen molar-refractivity contribution in [1.29, 1.82) is 0 Å². The SMILES string of the molecule is CN(CCO)CC1(O)CCN(C(=O)OC(C)(C)C)CC1. The standard InChI is InChI=1S/C14H28N2O4/c1-13(2,3)20-12(18)16-7-5-14(19,6-8-16)11-15(4)9-10-17/h17,19H,5-11H2,1-4H3. The summed E-state index contributed by atoms with van der Waals surface area (Å²) >= 11 is 0. The van der Waals surface area contributed by atoms with Crippen molar-refractivity contribution in [1.82, 2.24) is 9.80 Å². The molecule has 118 valence electrons. The molecule has 0 aromatic rings. The molecule has 0 aliphatic carbocycles. The predicted octanol–water partition coefficient (Wildman–Crippen LogP) is 0.672. The van der Waals surface area contributed by atoms with E-state index in [1.807, 2.05) is 32.7 Å². The number of carbonyl (C=O) groups is 1. The molecule has 1 heterocycles. The van der Waals surface area contributed by atoms with E-state index in [1.165, 1.54) is 0 Å². The molecule has 0 atom stereocenters. The fraction of sp³-hybridized carbons (Fsp3) is 0.929. The molecular weight excluding hydrogens is 260 g/mol. The molecule has 0 unspecified atom stereocenters. The lowest BCUT2D eigenvalue weighted by Crippen LogP contribution is -2.52. The fourth-order valence-corrected chi connectivity index (χ4v) is 2.34. The molecule has 1 amide bonds. The molecule has 6 heteroatoms. The number of carbonyl (C=O) groups excluding carboxylic acids is 1. The number of aliphatic hydroxyl groups is 2. The summed E-state index contributed by atoms with van der Waals surface area (Å²) in [6, 6.07) is 0. The van der Waals surface area contributed by atoms with E-state index in [1.54, 1.807) is 4.90 Å². The highest BCUT2D eigenvalue weighted by Gasteiger charge is 2.35. The molecule has 0 radical (unpaired) electrons. The Morgan fingerprint density at radius 3 is 2.35 bits per heavy atom. The van der Waals surface area contributed by atoms with Crippen LogP contribution in [-0.2, 0) is 4.74 Å². The number of ether oxygens (including phenoxy) is 1. The van der Waals surface area contributed by atoms with Gasteiger partial charge in [0.1, 0.15) is 5.60 Å². The molecule has 1 aliphatic rings. The summed E-state index contributed by atoms with van der Waals surface area (Å²) in [5.74, 6) is 0. The third-order valence-electron chi connectivity index (χ3n) is 3.39. The summed E-state index contributed by atoms with van der Waals surface area (Å²) in [6.45, 7) is 7.65. The van der Waals surface area contributed by atoms with Crippen LogP contribution in [0.25, 0.3) is 0 Å². The van der Waals surface area contributed by atoms with Gasteiger partial charge in [0.2, 0.25) is 0 Å². The Morgan fingerprint density at radius 2 is 1.90 bits per heavy atom. The lowest BCUT2D eigenvalue weighted by molar-refractivity contribution is -0.0478. The molecule has 0 aromatic heterocycles. The van der Waals surface area contributed by atoms with Crippen molar-refractivity contribution in [3.63, 3.8) is 0 Å². The Labute approximate surface area is 121 Å². The third kappa shape index (κ3) is 5.64. The van der Waals surface area contributed by atoms with Gasteiger partial charge in [-0.05, 0) is 40.7 Å². The van der Waals surface area contributed by atoms with Crippen molar-refractivity contribution in [2.45, 2.75) is 44.8 Å². The van der Waals surface area contributed by atoms with Gasteiger partial charge in [-0.2, -0.15) is 0 Å². The number of likely N-dealkylation sites (tertiary alicyclic amines) is 1. The average Bonchev–Trinajstić information content (AvgIpc) is 2.26. The van der Waals surface area contributed by atoms with E-state index < -0.39 is 11.2 Å². The molecule has 0 aromatic carbocycles. The van der Waals surface area contributed by atoms with E-state index >= 15 is 0 Å². The largest absolute Gasteiger partial charge is 0.444 e. The first kappa shape index (κ1) is 17.2. The van der Waals surface area contributed by atoms with Crippen molar-refractivity contribution >= 4 is 6.09 Å². The first-order chi connectivity index (χ1) is 9.15.